The first-order chi connectivity index (χ1) is 17.3. The Hall–Kier alpha value is -3.86. The molecule has 5 heteroatoms. The molecule has 1 heterocycles. The Bertz CT molecular complexity index is 1380. The number of carboxylic acids is 1. The van der Waals surface area contributed by atoms with Gasteiger partial charge in [-0.25, -0.2) is 9.59 Å². The van der Waals surface area contributed by atoms with Crippen molar-refractivity contribution in [2.24, 2.45) is 5.92 Å². The average Bonchev–Trinajstić information content (AvgIpc) is 3.10. The van der Waals surface area contributed by atoms with E-state index in [1.54, 1.807) is 12.1 Å². The monoisotopic (exact) mass is 482 g/mol. The van der Waals surface area contributed by atoms with Crippen molar-refractivity contribution in [3.63, 3.8) is 0 Å². The Morgan fingerprint density at radius 3 is 2.17 bits per heavy atom. The predicted octanol–water partition coefficient (Wildman–Crippen LogP) is 6.20. The standard InChI is InChI=1S/C31H34N2O3/c1-22(2)13-18-29-23(3)32(20-19-24-9-5-4-6-10-24)31(36)33(29)21-25-14-16-26(17-15-25)27-11-7-8-12-28(27)30(34)35/h4-12,14-17,22H,13,18-21H2,1-3H3,(H,34,35). The van der Waals surface area contributed by atoms with Crippen molar-refractivity contribution in [3.8, 4) is 11.1 Å². The zero-order valence-corrected chi connectivity index (χ0v) is 21.3. The highest BCUT2D eigenvalue weighted by Gasteiger charge is 2.18. The van der Waals surface area contributed by atoms with Crippen LogP contribution in [0, 0.1) is 12.8 Å². The van der Waals surface area contributed by atoms with E-state index >= 15 is 0 Å². The first-order valence-corrected chi connectivity index (χ1v) is 12.6. The van der Waals surface area contributed by atoms with E-state index in [0.29, 0.717) is 24.6 Å². The molecular weight excluding hydrogens is 448 g/mol. The average molecular weight is 483 g/mol. The van der Waals surface area contributed by atoms with Gasteiger partial charge in [-0.1, -0.05) is 86.6 Å². The molecule has 0 fully saturated rings. The van der Waals surface area contributed by atoms with Crippen molar-refractivity contribution in [1.29, 1.82) is 0 Å². The zero-order valence-electron chi connectivity index (χ0n) is 21.3. The number of hydrogen-bond donors (Lipinski definition) is 1. The van der Waals surface area contributed by atoms with Crippen LogP contribution >= 0.6 is 0 Å². The summed E-state index contributed by atoms with van der Waals surface area (Å²) >= 11 is 0. The van der Waals surface area contributed by atoms with Crippen LogP contribution in [0.25, 0.3) is 11.1 Å². The number of rotatable bonds is 10. The molecule has 5 nitrogen and oxygen atoms in total. The third kappa shape index (κ3) is 5.68. The van der Waals surface area contributed by atoms with Crippen LogP contribution in [-0.4, -0.2) is 20.2 Å². The first-order valence-electron chi connectivity index (χ1n) is 12.6. The smallest absolute Gasteiger partial charge is 0.336 e. The van der Waals surface area contributed by atoms with Crippen LogP contribution < -0.4 is 5.69 Å². The lowest BCUT2D eigenvalue weighted by Crippen LogP contribution is -2.26. The van der Waals surface area contributed by atoms with Crippen LogP contribution in [0.15, 0.2) is 83.7 Å². The minimum Gasteiger partial charge on any atom is -0.478 e. The van der Waals surface area contributed by atoms with E-state index in [1.165, 1.54) is 5.56 Å². The lowest BCUT2D eigenvalue weighted by molar-refractivity contribution is 0.0697. The van der Waals surface area contributed by atoms with Gasteiger partial charge < -0.3 is 5.11 Å². The molecule has 0 aliphatic rings. The lowest BCUT2D eigenvalue weighted by atomic mass is 9.98. The molecule has 0 radical (unpaired) electrons. The van der Waals surface area contributed by atoms with Crippen molar-refractivity contribution in [1.82, 2.24) is 9.13 Å². The Morgan fingerprint density at radius 1 is 0.833 bits per heavy atom. The number of imidazole rings is 1. The van der Waals surface area contributed by atoms with Crippen molar-refractivity contribution in [2.45, 2.75) is 53.1 Å². The Kier molecular flexibility index (Phi) is 7.89. The van der Waals surface area contributed by atoms with Gasteiger partial charge in [0.1, 0.15) is 0 Å². The summed E-state index contributed by atoms with van der Waals surface area (Å²) in [6, 6.07) is 25.1. The van der Waals surface area contributed by atoms with Gasteiger partial charge in [0, 0.05) is 17.9 Å². The van der Waals surface area contributed by atoms with Crippen LogP contribution in [0.5, 0.6) is 0 Å². The van der Waals surface area contributed by atoms with E-state index in [4.69, 9.17) is 0 Å². The lowest BCUT2D eigenvalue weighted by Gasteiger charge is -2.11. The van der Waals surface area contributed by atoms with Gasteiger partial charge in [0.15, 0.2) is 0 Å². The van der Waals surface area contributed by atoms with Gasteiger partial charge in [-0.15, -0.1) is 0 Å². The maximum atomic E-state index is 13.5. The van der Waals surface area contributed by atoms with Crippen molar-refractivity contribution in [3.05, 3.63) is 117 Å². The number of benzene rings is 3. The minimum absolute atomic E-state index is 0.0301. The zero-order chi connectivity index (χ0) is 25.7. The Labute approximate surface area is 212 Å². The van der Waals surface area contributed by atoms with E-state index in [-0.39, 0.29) is 11.3 Å². The number of aromatic nitrogens is 2. The van der Waals surface area contributed by atoms with Gasteiger partial charge in [-0.05, 0) is 60.4 Å². The molecule has 0 aliphatic carbocycles. The summed E-state index contributed by atoms with van der Waals surface area (Å²) in [7, 11) is 0. The molecule has 0 amide bonds. The fraction of sp³-hybridized carbons (Fsp3) is 0.290. The summed E-state index contributed by atoms with van der Waals surface area (Å²) in [6.45, 7) is 7.62. The van der Waals surface area contributed by atoms with E-state index in [1.807, 2.05) is 63.7 Å². The molecule has 0 unspecified atom stereocenters. The normalized spacial score (nSPS) is 11.2. The number of carboxylic acid groups (broad SMARTS) is 1. The summed E-state index contributed by atoms with van der Waals surface area (Å²) in [5, 5.41) is 9.53. The maximum Gasteiger partial charge on any atom is 0.336 e. The molecule has 36 heavy (non-hydrogen) atoms. The highest BCUT2D eigenvalue weighted by Crippen LogP contribution is 2.25. The number of aromatic carboxylic acids is 1. The largest absolute Gasteiger partial charge is 0.478 e. The second-order valence-electron chi connectivity index (χ2n) is 9.77. The first kappa shape index (κ1) is 25.2. The Balaban J connectivity index is 1.62. The van der Waals surface area contributed by atoms with Crippen molar-refractivity contribution >= 4 is 5.97 Å². The fourth-order valence-corrected chi connectivity index (χ4v) is 4.70. The maximum absolute atomic E-state index is 13.5. The molecule has 0 bridgehead atoms. The summed E-state index contributed by atoms with van der Waals surface area (Å²) < 4.78 is 3.84. The van der Waals surface area contributed by atoms with Crippen LogP contribution in [0.2, 0.25) is 0 Å². The third-order valence-electron chi connectivity index (χ3n) is 6.80. The molecule has 1 aromatic heterocycles. The highest BCUT2D eigenvalue weighted by molar-refractivity contribution is 5.95. The highest BCUT2D eigenvalue weighted by atomic mass is 16.4. The molecule has 3 aromatic carbocycles. The molecule has 0 saturated carbocycles. The molecule has 4 aromatic rings. The second kappa shape index (κ2) is 11.3. The Morgan fingerprint density at radius 2 is 1.50 bits per heavy atom. The summed E-state index contributed by atoms with van der Waals surface area (Å²) in [4.78, 5) is 25.2. The summed E-state index contributed by atoms with van der Waals surface area (Å²) in [5.74, 6) is -0.391. The van der Waals surface area contributed by atoms with Gasteiger partial charge in [-0.3, -0.25) is 9.13 Å². The van der Waals surface area contributed by atoms with Gasteiger partial charge in [-0.2, -0.15) is 0 Å². The predicted molar refractivity (Wildman–Crippen MR) is 145 cm³/mol. The molecule has 0 aliphatic heterocycles. The van der Waals surface area contributed by atoms with Crippen molar-refractivity contribution in [2.75, 3.05) is 0 Å². The molecule has 0 atom stereocenters. The number of aryl methyl sites for hydroxylation is 1. The summed E-state index contributed by atoms with van der Waals surface area (Å²) in [6.07, 6.45) is 2.70. The van der Waals surface area contributed by atoms with Crippen LogP contribution in [0.1, 0.15) is 53.1 Å². The van der Waals surface area contributed by atoms with Crippen LogP contribution in [0.4, 0.5) is 0 Å². The van der Waals surface area contributed by atoms with Crippen LogP contribution in [-0.2, 0) is 25.9 Å². The van der Waals surface area contributed by atoms with Gasteiger partial charge in [0.25, 0.3) is 0 Å². The number of carbonyl (C=O) groups is 1. The number of nitrogens with zero attached hydrogens (tertiary/aromatic N) is 2. The van der Waals surface area contributed by atoms with E-state index in [9.17, 15) is 14.7 Å². The number of hydrogen-bond acceptors (Lipinski definition) is 2. The molecular formula is C31H34N2O3. The fourth-order valence-electron chi connectivity index (χ4n) is 4.70. The van der Waals surface area contributed by atoms with E-state index in [2.05, 4.69) is 32.9 Å². The van der Waals surface area contributed by atoms with Gasteiger partial charge in [0.2, 0.25) is 0 Å². The quantitative estimate of drug-likeness (QED) is 0.293. The van der Waals surface area contributed by atoms with Crippen LogP contribution in [0.3, 0.4) is 0 Å². The van der Waals surface area contributed by atoms with Gasteiger partial charge >= 0.3 is 11.7 Å². The molecule has 0 saturated heterocycles. The summed E-state index contributed by atoms with van der Waals surface area (Å²) in [5.41, 5.74) is 6.23. The molecule has 1 N–H and O–H groups in total. The van der Waals surface area contributed by atoms with Crippen molar-refractivity contribution < 1.29 is 9.90 Å². The molecule has 4 rings (SSSR count). The molecule has 0 spiro atoms. The van der Waals surface area contributed by atoms with Gasteiger partial charge in [0.05, 0.1) is 12.1 Å². The molecule has 186 valence electrons. The SMILES string of the molecule is Cc1c(CCC(C)C)n(Cc2ccc(-c3ccccc3C(=O)O)cc2)c(=O)n1CCc1ccccc1. The minimum atomic E-state index is -0.941. The van der Waals surface area contributed by atoms with E-state index in [0.717, 1.165) is 41.8 Å². The third-order valence-corrected chi connectivity index (χ3v) is 6.80. The topological polar surface area (TPSA) is 64.2 Å². The van der Waals surface area contributed by atoms with E-state index < -0.39 is 5.97 Å². The second-order valence-corrected chi connectivity index (χ2v) is 9.77.